The molecular weight excluding hydrogens is 588 g/mol. The van der Waals surface area contributed by atoms with Crippen LogP contribution in [-0.4, -0.2) is 18.9 Å². The van der Waals surface area contributed by atoms with Crippen molar-refractivity contribution in [1.82, 2.24) is 0 Å². The van der Waals surface area contributed by atoms with Gasteiger partial charge in [-0.15, -0.1) is 0 Å². The van der Waals surface area contributed by atoms with Crippen molar-refractivity contribution >= 4 is 11.8 Å². The molecule has 0 rings (SSSR count). The predicted octanol–water partition coefficient (Wildman–Crippen LogP) is 15.2. The maximum Gasteiger partial charge on any atom is 0.316 e. The van der Waals surface area contributed by atoms with Crippen LogP contribution < -0.4 is 0 Å². The van der Waals surface area contributed by atoms with Crippen LogP contribution in [0.3, 0.4) is 0 Å². The molecule has 0 aromatic carbocycles. The topological polar surface area (TPSA) is 43.4 Å². The second kappa shape index (κ2) is 40.1. The van der Waals surface area contributed by atoms with Crippen molar-refractivity contribution < 1.29 is 14.3 Å². The average molecular weight is 673 g/mol. The van der Waals surface area contributed by atoms with E-state index in [1.165, 1.54) is 193 Å². The summed E-state index contributed by atoms with van der Waals surface area (Å²) in [4.78, 5) is 25.1. The monoisotopic (exact) mass is 673 g/mol. The van der Waals surface area contributed by atoms with E-state index in [-0.39, 0.29) is 11.8 Å². The fourth-order valence-electron chi connectivity index (χ4n) is 6.75. The van der Waals surface area contributed by atoms with Gasteiger partial charge in [-0.05, 0) is 64.2 Å². The Morgan fingerprint density at radius 3 is 1.04 bits per heavy atom. The Kier molecular flexibility index (Phi) is 38.9. The van der Waals surface area contributed by atoms with Crippen LogP contribution in [0.2, 0.25) is 0 Å². The van der Waals surface area contributed by atoms with Crippen molar-refractivity contribution in [3.63, 3.8) is 0 Å². The van der Waals surface area contributed by atoms with Gasteiger partial charge >= 0.3 is 5.97 Å². The molecule has 0 saturated carbocycles. The van der Waals surface area contributed by atoms with E-state index in [1.54, 1.807) is 0 Å². The minimum atomic E-state index is -0.547. The number of carbonyl (C=O) groups is 2. The number of unbranched alkanes of at least 4 members (excludes halogenated alkanes) is 29. The number of hydrogen-bond acceptors (Lipinski definition) is 3. The van der Waals surface area contributed by atoms with Crippen LogP contribution in [0.1, 0.15) is 239 Å². The number of rotatable bonds is 39. The molecule has 0 aliphatic carbocycles. The van der Waals surface area contributed by atoms with Crippen LogP contribution in [0.25, 0.3) is 0 Å². The molecule has 0 aliphatic rings. The second-order valence-corrected chi connectivity index (χ2v) is 14.7. The molecule has 0 saturated heterocycles. The molecule has 0 aromatic rings. The maximum absolute atomic E-state index is 12.8. The molecule has 0 N–H and O–H groups in total. The zero-order chi connectivity index (χ0) is 35.0. The molecule has 0 amide bonds. The molecule has 0 aliphatic heterocycles. The second-order valence-electron chi connectivity index (χ2n) is 14.7. The molecule has 0 radical (unpaired) electrons. The van der Waals surface area contributed by atoms with Crippen molar-refractivity contribution in [2.75, 3.05) is 7.11 Å². The van der Waals surface area contributed by atoms with Gasteiger partial charge in [-0.25, -0.2) is 0 Å². The van der Waals surface area contributed by atoms with Crippen molar-refractivity contribution in [3.8, 4) is 0 Å². The molecule has 1 atom stereocenters. The van der Waals surface area contributed by atoms with E-state index < -0.39 is 5.92 Å². The Bertz CT molecular complexity index is 724. The van der Waals surface area contributed by atoms with E-state index in [2.05, 4.69) is 38.2 Å². The van der Waals surface area contributed by atoms with Gasteiger partial charge in [0.15, 0.2) is 0 Å². The van der Waals surface area contributed by atoms with Crippen LogP contribution in [0, 0.1) is 5.92 Å². The Labute approximate surface area is 301 Å². The molecule has 0 fully saturated rings. The first kappa shape index (κ1) is 46.6. The third kappa shape index (κ3) is 34.5. The third-order valence-electron chi connectivity index (χ3n) is 10.1. The summed E-state index contributed by atoms with van der Waals surface area (Å²) in [6.07, 6.45) is 53.3. The van der Waals surface area contributed by atoms with Gasteiger partial charge in [0.2, 0.25) is 0 Å². The summed E-state index contributed by atoms with van der Waals surface area (Å²) in [6, 6.07) is 0. The van der Waals surface area contributed by atoms with E-state index in [9.17, 15) is 9.59 Å². The summed E-state index contributed by atoms with van der Waals surface area (Å²) >= 11 is 0. The fourth-order valence-corrected chi connectivity index (χ4v) is 6.75. The van der Waals surface area contributed by atoms with Gasteiger partial charge in [0.1, 0.15) is 11.7 Å². The first-order valence-corrected chi connectivity index (χ1v) is 21.6. The largest absolute Gasteiger partial charge is 0.468 e. The van der Waals surface area contributed by atoms with Gasteiger partial charge in [0, 0.05) is 6.42 Å². The highest BCUT2D eigenvalue weighted by Gasteiger charge is 2.26. The Hall–Kier alpha value is -1.38. The molecule has 1 unspecified atom stereocenters. The van der Waals surface area contributed by atoms with Crippen LogP contribution in [0.15, 0.2) is 24.3 Å². The molecule has 0 bridgehead atoms. The molecule has 0 spiro atoms. The molecule has 282 valence electrons. The number of ether oxygens (including phenoxy) is 1. The van der Waals surface area contributed by atoms with Crippen molar-refractivity contribution in [1.29, 1.82) is 0 Å². The smallest absolute Gasteiger partial charge is 0.316 e. The zero-order valence-electron chi connectivity index (χ0n) is 32.9. The summed E-state index contributed by atoms with van der Waals surface area (Å²) < 4.78 is 5.00. The fraction of sp³-hybridized carbons (Fsp3) is 0.867. The Balaban J connectivity index is 3.64. The lowest BCUT2D eigenvalue weighted by Crippen LogP contribution is -2.25. The van der Waals surface area contributed by atoms with Gasteiger partial charge < -0.3 is 4.74 Å². The summed E-state index contributed by atoms with van der Waals surface area (Å²) in [5, 5.41) is 0. The predicted molar refractivity (Wildman–Crippen MR) is 212 cm³/mol. The number of carbonyl (C=O) groups excluding carboxylic acids is 2. The van der Waals surface area contributed by atoms with Crippen LogP contribution >= 0.6 is 0 Å². The van der Waals surface area contributed by atoms with Crippen molar-refractivity contribution in [3.05, 3.63) is 24.3 Å². The highest BCUT2D eigenvalue weighted by molar-refractivity contribution is 5.98. The lowest BCUT2D eigenvalue weighted by molar-refractivity contribution is -0.149. The van der Waals surface area contributed by atoms with Crippen LogP contribution in [0.5, 0.6) is 0 Å². The van der Waals surface area contributed by atoms with E-state index in [0.29, 0.717) is 12.8 Å². The minimum Gasteiger partial charge on any atom is -0.468 e. The quantitative estimate of drug-likeness (QED) is 0.0282. The number of methoxy groups -OCH3 is 1. The third-order valence-corrected chi connectivity index (χ3v) is 10.1. The highest BCUT2D eigenvalue weighted by Crippen LogP contribution is 2.19. The SMILES string of the molecule is CCCCCCCC/C=C\CCCCCCCCCCC(C(=O)CCCCCCCCCCC/C=C/CCCCCCCC)C(=O)OC. The average Bonchev–Trinajstić information content (AvgIpc) is 3.09. The van der Waals surface area contributed by atoms with Gasteiger partial charge in [0.25, 0.3) is 0 Å². The summed E-state index contributed by atoms with van der Waals surface area (Å²) in [7, 11) is 1.42. The Morgan fingerprint density at radius 1 is 0.417 bits per heavy atom. The first-order chi connectivity index (χ1) is 23.7. The zero-order valence-corrected chi connectivity index (χ0v) is 32.9. The van der Waals surface area contributed by atoms with Gasteiger partial charge in [0.05, 0.1) is 7.11 Å². The molecule has 3 nitrogen and oxygen atoms in total. The van der Waals surface area contributed by atoms with Crippen LogP contribution in [-0.2, 0) is 14.3 Å². The molecule has 3 heteroatoms. The van der Waals surface area contributed by atoms with E-state index >= 15 is 0 Å². The standard InChI is InChI=1S/C45H84O3/c1-4-6-8-10-12-14-16-18-20-22-24-26-28-30-32-34-36-38-40-42-44(46)43(45(47)48-3)41-39-37-35-33-31-29-27-25-23-21-19-17-15-13-11-9-7-5-2/h18-21,43H,4-17,22-42H2,1-3H3/b20-18+,21-19-. The van der Waals surface area contributed by atoms with Gasteiger partial charge in [-0.3, -0.25) is 9.59 Å². The van der Waals surface area contributed by atoms with E-state index in [1.807, 2.05) is 0 Å². The lowest BCUT2D eigenvalue weighted by atomic mass is 9.93. The maximum atomic E-state index is 12.8. The highest BCUT2D eigenvalue weighted by atomic mass is 16.5. The Morgan fingerprint density at radius 2 is 0.708 bits per heavy atom. The first-order valence-electron chi connectivity index (χ1n) is 21.6. The molecule has 48 heavy (non-hydrogen) atoms. The van der Waals surface area contributed by atoms with Crippen LogP contribution in [0.4, 0.5) is 0 Å². The molecular formula is C45H84O3. The number of allylic oxidation sites excluding steroid dienone is 4. The summed E-state index contributed by atoms with van der Waals surface area (Å²) in [5.74, 6) is -0.771. The number of Topliss-reactive ketones (excluding diaryl/α,β-unsaturated/α-hetero) is 1. The number of hydrogen-bond donors (Lipinski definition) is 0. The van der Waals surface area contributed by atoms with E-state index in [4.69, 9.17) is 4.74 Å². The molecule has 0 aromatic heterocycles. The summed E-state index contributed by atoms with van der Waals surface area (Å²) in [6.45, 7) is 4.56. The number of esters is 1. The minimum absolute atomic E-state index is 0.101. The van der Waals surface area contributed by atoms with Crippen molar-refractivity contribution in [2.24, 2.45) is 5.92 Å². The lowest BCUT2D eigenvalue weighted by Gasteiger charge is -2.13. The van der Waals surface area contributed by atoms with Gasteiger partial charge in [-0.1, -0.05) is 192 Å². The number of ketones is 1. The molecule has 0 heterocycles. The van der Waals surface area contributed by atoms with E-state index in [0.717, 1.165) is 25.7 Å². The summed E-state index contributed by atoms with van der Waals surface area (Å²) in [5.41, 5.74) is 0. The normalized spacial score (nSPS) is 12.4. The van der Waals surface area contributed by atoms with Gasteiger partial charge in [-0.2, -0.15) is 0 Å². The van der Waals surface area contributed by atoms with Crippen molar-refractivity contribution in [2.45, 2.75) is 239 Å².